The number of benzene rings is 2. The number of Topliss-reactive ketones (excluding diaryl/α,β-unsaturated/α-hetero) is 2. The lowest BCUT2D eigenvalue weighted by atomic mass is 9.92. The minimum absolute atomic E-state index is 0.167. The van der Waals surface area contributed by atoms with Crippen molar-refractivity contribution in [2.75, 3.05) is 0 Å². The van der Waals surface area contributed by atoms with E-state index in [9.17, 15) is 14.4 Å². The van der Waals surface area contributed by atoms with Gasteiger partial charge in [-0.15, -0.1) is 12.6 Å². The summed E-state index contributed by atoms with van der Waals surface area (Å²) < 4.78 is 0. The van der Waals surface area contributed by atoms with Crippen LogP contribution < -0.4 is 0 Å². The first-order chi connectivity index (χ1) is 10.1. The van der Waals surface area contributed by atoms with Gasteiger partial charge in [-0.3, -0.25) is 14.4 Å². The van der Waals surface area contributed by atoms with Gasteiger partial charge in [0.25, 0.3) is 0 Å². The van der Waals surface area contributed by atoms with Crippen molar-refractivity contribution in [1.29, 1.82) is 0 Å². The summed E-state index contributed by atoms with van der Waals surface area (Å²) in [5.74, 6) is -1.67. The fraction of sp³-hybridized carbons (Fsp3) is 0.118. The predicted molar refractivity (Wildman–Crippen MR) is 83.6 cm³/mol. The topological polar surface area (TPSA) is 51.2 Å². The van der Waals surface area contributed by atoms with Gasteiger partial charge in [0.1, 0.15) is 0 Å². The van der Waals surface area contributed by atoms with Crippen molar-refractivity contribution in [3.8, 4) is 0 Å². The normalized spacial score (nSPS) is 11.7. The second-order valence-electron chi connectivity index (χ2n) is 4.61. The molecule has 0 aliphatic carbocycles. The van der Waals surface area contributed by atoms with Crippen LogP contribution in [0.1, 0.15) is 27.1 Å². The van der Waals surface area contributed by atoms with Crippen LogP contribution in [-0.2, 0) is 4.79 Å². The van der Waals surface area contributed by atoms with Crippen molar-refractivity contribution in [1.82, 2.24) is 0 Å². The number of thiol groups is 1. The first kappa shape index (κ1) is 15.2. The summed E-state index contributed by atoms with van der Waals surface area (Å²) in [6, 6.07) is 17.1. The molecule has 2 aromatic rings. The Kier molecular flexibility index (Phi) is 5.06. The minimum Gasteiger partial charge on any atom is -0.294 e. The zero-order chi connectivity index (χ0) is 15.2. The maximum absolute atomic E-state index is 12.3. The van der Waals surface area contributed by atoms with Gasteiger partial charge >= 0.3 is 0 Å². The van der Waals surface area contributed by atoms with Gasteiger partial charge in [-0.2, -0.15) is 0 Å². The second kappa shape index (κ2) is 6.99. The summed E-state index contributed by atoms with van der Waals surface area (Å²) in [5, 5.41) is -0.590. The maximum atomic E-state index is 12.3. The molecular weight excluding hydrogens is 284 g/mol. The third-order valence-corrected chi connectivity index (χ3v) is 3.47. The Balaban J connectivity index is 2.19. The summed E-state index contributed by atoms with van der Waals surface area (Å²) in [6.45, 7) is 0. The number of rotatable bonds is 6. The molecule has 0 saturated heterocycles. The molecule has 2 aromatic carbocycles. The molecule has 0 aromatic heterocycles. The zero-order valence-corrected chi connectivity index (χ0v) is 12.1. The van der Waals surface area contributed by atoms with E-state index in [0.717, 1.165) is 0 Å². The molecule has 0 fully saturated rings. The summed E-state index contributed by atoms with van der Waals surface area (Å²) in [5.41, 5.74) is 0.892. The van der Waals surface area contributed by atoms with E-state index < -0.39 is 11.0 Å². The highest BCUT2D eigenvalue weighted by Gasteiger charge is 2.28. The van der Waals surface area contributed by atoms with E-state index in [0.29, 0.717) is 11.1 Å². The second-order valence-corrected chi connectivity index (χ2v) is 5.06. The highest BCUT2D eigenvalue weighted by molar-refractivity contribution is 7.96. The number of carbonyl (C=O) groups is 3. The van der Waals surface area contributed by atoms with Crippen LogP contribution >= 0.6 is 12.6 Å². The molecule has 106 valence electrons. The SMILES string of the molecule is O=C(CC(C(=O)S)C(=O)c1ccccc1)c1ccccc1. The van der Waals surface area contributed by atoms with E-state index in [1.54, 1.807) is 60.7 Å². The molecule has 0 amide bonds. The fourth-order valence-electron chi connectivity index (χ4n) is 2.02. The Morgan fingerprint density at radius 1 is 0.810 bits per heavy atom. The average Bonchev–Trinajstić information content (AvgIpc) is 2.53. The first-order valence-electron chi connectivity index (χ1n) is 6.50. The Labute approximate surface area is 128 Å². The molecule has 3 nitrogen and oxygen atoms in total. The molecule has 0 radical (unpaired) electrons. The number of carbonyl (C=O) groups excluding carboxylic acids is 3. The lowest BCUT2D eigenvalue weighted by Crippen LogP contribution is -2.24. The maximum Gasteiger partial charge on any atom is 0.197 e. The van der Waals surface area contributed by atoms with Crippen molar-refractivity contribution in [2.24, 2.45) is 5.92 Å². The Morgan fingerprint density at radius 2 is 1.29 bits per heavy atom. The van der Waals surface area contributed by atoms with Crippen LogP contribution in [0, 0.1) is 5.92 Å². The van der Waals surface area contributed by atoms with Crippen molar-refractivity contribution < 1.29 is 14.4 Å². The smallest absolute Gasteiger partial charge is 0.197 e. The summed E-state index contributed by atoms with van der Waals surface area (Å²) in [4.78, 5) is 36.1. The Bertz CT molecular complexity index is 650. The van der Waals surface area contributed by atoms with Crippen molar-refractivity contribution >= 4 is 29.3 Å². The molecule has 21 heavy (non-hydrogen) atoms. The summed E-state index contributed by atoms with van der Waals surface area (Å²) >= 11 is 3.76. The van der Waals surface area contributed by atoms with Gasteiger partial charge in [-0.05, 0) is 0 Å². The molecule has 1 atom stereocenters. The molecule has 0 bridgehead atoms. The number of hydrogen-bond donors (Lipinski definition) is 1. The minimum atomic E-state index is -1.05. The summed E-state index contributed by atoms with van der Waals surface area (Å²) in [6.07, 6.45) is -0.167. The van der Waals surface area contributed by atoms with E-state index in [1.165, 1.54) is 0 Å². The van der Waals surface area contributed by atoms with Gasteiger partial charge in [-0.25, -0.2) is 0 Å². The van der Waals surface area contributed by atoms with Gasteiger partial charge in [0, 0.05) is 17.5 Å². The van der Waals surface area contributed by atoms with Gasteiger partial charge < -0.3 is 0 Å². The van der Waals surface area contributed by atoms with Gasteiger partial charge in [0.05, 0.1) is 5.92 Å². The summed E-state index contributed by atoms with van der Waals surface area (Å²) in [7, 11) is 0. The van der Waals surface area contributed by atoms with E-state index >= 15 is 0 Å². The first-order valence-corrected chi connectivity index (χ1v) is 6.94. The van der Waals surface area contributed by atoms with Crippen LogP contribution in [-0.4, -0.2) is 16.7 Å². The average molecular weight is 298 g/mol. The molecule has 0 spiro atoms. The number of ketones is 2. The molecule has 0 saturated carbocycles. The third kappa shape index (κ3) is 3.89. The zero-order valence-electron chi connectivity index (χ0n) is 11.2. The highest BCUT2D eigenvalue weighted by atomic mass is 32.1. The van der Waals surface area contributed by atoms with E-state index in [2.05, 4.69) is 12.6 Å². The molecule has 1 unspecified atom stereocenters. The van der Waals surface area contributed by atoms with Crippen molar-refractivity contribution in [2.45, 2.75) is 6.42 Å². The van der Waals surface area contributed by atoms with Crippen LogP contribution in [0.15, 0.2) is 60.7 Å². The molecule has 4 heteroatoms. The van der Waals surface area contributed by atoms with Crippen LogP contribution in [0.5, 0.6) is 0 Å². The van der Waals surface area contributed by atoms with E-state index in [4.69, 9.17) is 0 Å². The van der Waals surface area contributed by atoms with Crippen molar-refractivity contribution in [3.63, 3.8) is 0 Å². The van der Waals surface area contributed by atoms with Crippen LogP contribution in [0.3, 0.4) is 0 Å². The largest absolute Gasteiger partial charge is 0.294 e. The molecule has 0 heterocycles. The third-order valence-electron chi connectivity index (χ3n) is 3.16. The lowest BCUT2D eigenvalue weighted by Gasteiger charge is -2.11. The van der Waals surface area contributed by atoms with Crippen LogP contribution in [0.25, 0.3) is 0 Å². The van der Waals surface area contributed by atoms with Crippen LogP contribution in [0.4, 0.5) is 0 Å². The van der Waals surface area contributed by atoms with Gasteiger partial charge in [0.2, 0.25) is 0 Å². The Morgan fingerprint density at radius 3 is 1.76 bits per heavy atom. The van der Waals surface area contributed by atoms with Gasteiger partial charge in [-0.1, -0.05) is 60.7 Å². The molecule has 0 aliphatic rings. The van der Waals surface area contributed by atoms with Crippen LogP contribution in [0.2, 0.25) is 0 Å². The predicted octanol–water partition coefficient (Wildman–Crippen LogP) is 3.21. The standard InChI is InChI=1S/C17H14O3S/c18-15(12-7-3-1-4-8-12)11-14(17(20)21)16(19)13-9-5-2-6-10-13/h1-10,14H,11H2,(H,20,21). The number of hydrogen-bond acceptors (Lipinski definition) is 3. The van der Waals surface area contributed by atoms with Gasteiger partial charge in [0.15, 0.2) is 16.7 Å². The quantitative estimate of drug-likeness (QED) is 0.506. The molecule has 0 N–H and O–H groups in total. The highest BCUT2D eigenvalue weighted by Crippen LogP contribution is 2.18. The Hall–Kier alpha value is -2.20. The molecular formula is C17H14O3S. The fourth-order valence-corrected chi connectivity index (χ4v) is 2.23. The van der Waals surface area contributed by atoms with E-state index in [1.807, 2.05) is 0 Å². The van der Waals surface area contributed by atoms with E-state index in [-0.39, 0.29) is 18.0 Å². The lowest BCUT2D eigenvalue weighted by molar-refractivity contribution is -0.112. The monoisotopic (exact) mass is 298 g/mol. The van der Waals surface area contributed by atoms with Crippen molar-refractivity contribution in [3.05, 3.63) is 71.8 Å². The molecule has 0 aliphatic heterocycles. The molecule has 2 rings (SSSR count).